The lowest BCUT2D eigenvalue weighted by molar-refractivity contribution is 0.250. The standard InChI is InChI=1S/C23H33N5.HI/c1-3-24-23(25-14-13-20-12-11-19(2)26-16-20)27-17-22-10-7-15-28(22)18-21-8-5-4-6-9-21;/h4-6,8-9,11-12,16,22H,3,7,10,13-15,17-18H2,1-2H3,(H2,24,25,27);1H. The average molecular weight is 507 g/mol. The molecule has 1 aromatic carbocycles. The molecule has 0 saturated carbocycles. The molecule has 3 rings (SSSR count). The molecular formula is C23H34IN5. The second-order valence-electron chi connectivity index (χ2n) is 7.46. The smallest absolute Gasteiger partial charge is 0.191 e. The van der Waals surface area contributed by atoms with Gasteiger partial charge in [0.2, 0.25) is 0 Å². The van der Waals surface area contributed by atoms with E-state index in [2.05, 4.69) is 69.9 Å². The van der Waals surface area contributed by atoms with Crippen LogP contribution >= 0.6 is 24.0 Å². The molecule has 0 bridgehead atoms. The Bertz CT molecular complexity index is 733. The summed E-state index contributed by atoms with van der Waals surface area (Å²) in [6.45, 7) is 8.88. The summed E-state index contributed by atoms with van der Waals surface area (Å²) >= 11 is 0. The van der Waals surface area contributed by atoms with Crippen LogP contribution in [-0.2, 0) is 13.0 Å². The SMILES string of the molecule is CCNC(=NCC1CCCN1Cc1ccccc1)NCCc1ccc(C)nc1.I. The molecule has 1 atom stereocenters. The Morgan fingerprint density at radius 1 is 1.14 bits per heavy atom. The monoisotopic (exact) mass is 507 g/mol. The van der Waals surface area contributed by atoms with Crippen LogP contribution in [0, 0.1) is 6.92 Å². The van der Waals surface area contributed by atoms with Gasteiger partial charge in [-0.2, -0.15) is 0 Å². The Kier molecular flexibility index (Phi) is 10.4. The lowest BCUT2D eigenvalue weighted by Crippen LogP contribution is -2.40. The van der Waals surface area contributed by atoms with Crippen molar-refractivity contribution >= 4 is 29.9 Å². The minimum atomic E-state index is 0. The summed E-state index contributed by atoms with van der Waals surface area (Å²) in [5, 5.41) is 6.84. The maximum atomic E-state index is 4.87. The van der Waals surface area contributed by atoms with Crippen LogP contribution in [0.4, 0.5) is 0 Å². The van der Waals surface area contributed by atoms with E-state index in [4.69, 9.17) is 4.99 Å². The predicted octanol–water partition coefficient (Wildman–Crippen LogP) is 3.77. The van der Waals surface area contributed by atoms with Crippen molar-refractivity contribution in [3.8, 4) is 0 Å². The zero-order valence-electron chi connectivity index (χ0n) is 17.6. The minimum absolute atomic E-state index is 0. The van der Waals surface area contributed by atoms with Gasteiger partial charge < -0.3 is 10.6 Å². The summed E-state index contributed by atoms with van der Waals surface area (Å²) in [6, 6.07) is 15.5. The zero-order chi connectivity index (χ0) is 19.6. The Hall–Kier alpha value is -1.67. The number of hydrogen-bond acceptors (Lipinski definition) is 3. The van der Waals surface area contributed by atoms with Crippen molar-refractivity contribution in [2.75, 3.05) is 26.2 Å². The van der Waals surface area contributed by atoms with Crippen LogP contribution in [0.5, 0.6) is 0 Å². The number of guanidine groups is 1. The van der Waals surface area contributed by atoms with Crippen LogP contribution in [0.15, 0.2) is 53.7 Å². The lowest BCUT2D eigenvalue weighted by Gasteiger charge is -2.23. The molecule has 5 nitrogen and oxygen atoms in total. The number of aryl methyl sites for hydroxylation is 1. The summed E-state index contributed by atoms with van der Waals surface area (Å²) in [7, 11) is 0. The molecule has 6 heteroatoms. The van der Waals surface area contributed by atoms with E-state index in [-0.39, 0.29) is 24.0 Å². The second-order valence-corrected chi connectivity index (χ2v) is 7.46. The summed E-state index contributed by atoms with van der Waals surface area (Å²) in [5.74, 6) is 0.911. The highest BCUT2D eigenvalue weighted by atomic mass is 127. The van der Waals surface area contributed by atoms with Gasteiger partial charge >= 0.3 is 0 Å². The van der Waals surface area contributed by atoms with Gasteiger partial charge in [-0.1, -0.05) is 36.4 Å². The number of nitrogens with zero attached hydrogens (tertiary/aromatic N) is 3. The first-order valence-corrected chi connectivity index (χ1v) is 10.5. The van der Waals surface area contributed by atoms with Crippen molar-refractivity contribution in [2.24, 2.45) is 4.99 Å². The first-order chi connectivity index (χ1) is 13.7. The van der Waals surface area contributed by atoms with E-state index < -0.39 is 0 Å². The summed E-state index contributed by atoms with van der Waals surface area (Å²) < 4.78 is 0. The molecule has 2 aromatic rings. The van der Waals surface area contributed by atoms with Gasteiger partial charge in [0.15, 0.2) is 5.96 Å². The van der Waals surface area contributed by atoms with Crippen molar-refractivity contribution < 1.29 is 0 Å². The van der Waals surface area contributed by atoms with E-state index in [0.29, 0.717) is 6.04 Å². The van der Waals surface area contributed by atoms with E-state index in [9.17, 15) is 0 Å². The van der Waals surface area contributed by atoms with Crippen LogP contribution in [0.2, 0.25) is 0 Å². The molecule has 1 aromatic heterocycles. The fourth-order valence-corrected chi connectivity index (χ4v) is 3.64. The molecule has 29 heavy (non-hydrogen) atoms. The van der Waals surface area contributed by atoms with E-state index in [1.165, 1.54) is 30.5 Å². The Morgan fingerprint density at radius 3 is 2.69 bits per heavy atom. The van der Waals surface area contributed by atoms with Crippen molar-refractivity contribution in [1.82, 2.24) is 20.5 Å². The van der Waals surface area contributed by atoms with Crippen molar-refractivity contribution in [2.45, 2.75) is 45.7 Å². The molecule has 0 amide bonds. The van der Waals surface area contributed by atoms with Gasteiger partial charge in [-0.3, -0.25) is 14.9 Å². The molecule has 1 fully saturated rings. The van der Waals surface area contributed by atoms with Gasteiger partial charge in [0.05, 0.1) is 6.54 Å². The molecule has 0 radical (unpaired) electrons. The Balaban J connectivity index is 0.00000300. The van der Waals surface area contributed by atoms with Gasteiger partial charge in [0.25, 0.3) is 0 Å². The van der Waals surface area contributed by atoms with Crippen molar-refractivity contribution in [3.05, 3.63) is 65.5 Å². The van der Waals surface area contributed by atoms with E-state index >= 15 is 0 Å². The number of likely N-dealkylation sites (tertiary alicyclic amines) is 1. The molecule has 2 N–H and O–H groups in total. The largest absolute Gasteiger partial charge is 0.357 e. The third-order valence-corrected chi connectivity index (χ3v) is 5.21. The number of halogens is 1. The van der Waals surface area contributed by atoms with Gasteiger partial charge in [-0.25, -0.2) is 0 Å². The molecule has 0 aliphatic carbocycles. The number of rotatable bonds is 8. The first-order valence-electron chi connectivity index (χ1n) is 10.5. The normalized spacial score (nSPS) is 17.0. The quantitative estimate of drug-likeness (QED) is 0.325. The maximum absolute atomic E-state index is 4.87. The highest BCUT2D eigenvalue weighted by molar-refractivity contribution is 14.0. The highest BCUT2D eigenvalue weighted by Gasteiger charge is 2.24. The molecule has 1 aliphatic heterocycles. The molecule has 1 unspecified atom stereocenters. The molecule has 1 saturated heterocycles. The Morgan fingerprint density at radius 2 is 1.97 bits per heavy atom. The summed E-state index contributed by atoms with van der Waals surface area (Å²) in [6.07, 6.45) is 5.39. The van der Waals surface area contributed by atoms with Crippen LogP contribution in [0.25, 0.3) is 0 Å². The molecule has 1 aliphatic rings. The van der Waals surface area contributed by atoms with Crippen LogP contribution in [-0.4, -0.2) is 48.1 Å². The number of aromatic nitrogens is 1. The minimum Gasteiger partial charge on any atom is -0.357 e. The van der Waals surface area contributed by atoms with Crippen molar-refractivity contribution in [3.63, 3.8) is 0 Å². The predicted molar refractivity (Wildman–Crippen MR) is 132 cm³/mol. The third-order valence-electron chi connectivity index (χ3n) is 5.21. The Labute approximate surface area is 192 Å². The third kappa shape index (κ3) is 7.93. The highest BCUT2D eigenvalue weighted by Crippen LogP contribution is 2.20. The lowest BCUT2D eigenvalue weighted by atomic mass is 10.2. The average Bonchev–Trinajstić information content (AvgIpc) is 3.15. The maximum Gasteiger partial charge on any atom is 0.191 e. The number of pyridine rings is 1. The summed E-state index contributed by atoms with van der Waals surface area (Å²) in [4.78, 5) is 11.8. The molecular weight excluding hydrogens is 473 g/mol. The molecule has 0 spiro atoms. The second kappa shape index (κ2) is 12.8. The molecule has 2 heterocycles. The van der Waals surface area contributed by atoms with E-state index in [0.717, 1.165) is 44.3 Å². The van der Waals surface area contributed by atoms with Gasteiger partial charge in [0, 0.05) is 37.6 Å². The van der Waals surface area contributed by atoms with Crippen molar-refractivity contribution in [1.29, 1.82) is 0 Å². The van der Waals surface area contributed by atoms with E-state index in [1.807, 2.05) is 13.1 Å². The fourth-order valence-electron chi connectivity index (χ4n) is 3.64. The zero-order valence-corrected chi connectivity index (χ0v) is 19.9. The fraction of sp³-hybridized carbons (Fsp3) is 0.478. The van der Waals surface area contributed by atoms with Crippen LogP contribution < -0.4 is 10.6 Å². The number of hydrogen-bond donors (Lipinski definition) is 2. The number of aliphatic imine (C=N–C) groups is 1. The molecule has 158 valence electrons. The van der Waals surface area contributed by atoms with Gasteiger partial charge in [-0.15, -0.1) is 24.0 Å². The first kappa shape index (κ1) is 23.6. The van der Waals surface area contributed by atoms with Gasteiger partial charge in [-0.05, 0) is 56.8 Å². The topological polar surface area (TPSA) is 52.6 Å². The van der Waals surface area contributed by atoms with Crippen LogP contribution in [0.1, 0.15) is 36.6 Å². The van der Waals surface area contributed by atoms with Crippen LogP contribution in [0.3, 0.4) is 0 Å². The summed E-state index contributed by atoms with van der Waals surface area (Å²) in [5.41, 5.74) is 3.69. The number of benzene rings is 1. The van der Waals surface area contributed by atoms with Gasteiger partial charge in [0.1, 0.15) is 0 Å². The van der Waals surface area contributed by atoms with E-state index in [1.54, 1.807) is 0 Å². The number of nitrogens with one attached hydrogen (secondary N) is 2.